The third kappa shape index (κ3) is 2.98. The molecule has 0 N–H and O–H groups in total. The summed E-state index contributed by atoms with van der Waals surface area (Å²) in [4.78, 5) is 14.8. The summed E-state index contributed by atoms with van der Waals surface area (Å²) in [5.74, 6) is 0.990. The van der Waals surface area contributed by atoms with Gasteiger partial charge in [-0.1, -0.05) is 30.3 Å². The zero-order valence-electron chi connectivity index (χ0n) is 13.1. The maximum Gasteiger partial charge on any atom is 0.254 e. The van der Waals surface area contributed by atoms with Crippen LogP contribution in [0.3, 0.4) is 0 Å². The lowest BCUT2D eigenvalue weighted by molar-refractivity contribution is 0.0690. The van der Waals surface area contributed by atoms with E-state index in [4.69, 9.17) is 4.74 Å². The predicted octanol–water partition coefficient (Wildman–Crippen LogP) is 3.67. The highest BCUT2D eigenvalue weighted by molar-refractivity contribution is 5.94. The van der Waals surface area contributed by atoms with Gasteiger partial charge in [0, 0.05) is 24.6 Å². The molecule has 0 unspecified atom stereocenters. The van der Waals surface area contributed by atoms with Crippen LogP contribution in [0.15, 0.2) is 48.5 Å². The number of amides is 1. The Labute approximate surface area is 131 Å². The highest BCUT2D eigenvalue weighted by atomic mass is 16.5. The number of fused-ring (bicyclic) bond motifs is 1. The number of rotatable bonds is 4. The Balaban J connectivity index is 1.83. The molecule has 22 heavy (non-hydrogen) atoms. The minimum Gasteiger partial charge on any atom is -0.493 e. The Morgan fingerprint density at radius 3 is 2.68 bits per heavy atom. The van der Waals surface area contributed by atoms with Gasteiger partial charge in [0.2, 0.25) is 0 Å². The SMILES string of the molecule is CC(C)N(Cc1ccccc1)C(=O)c1ccc2c(c1)CCO2. The average molecular weight is 295 g/mol. The molecule has 0 fully saturated rings. The van der Waals surface area contributed by atoms with Crippen molar-refractivity contribution in [1.29, 1.82) is 0 Å². The topological polar surface area (TPSA) is 29.5 Å². The summed E-state index contributed by atoms with van der Waals surface area (Å²) < 4.78 is 5.51. The van der Waals surface area contributed by atoms with Gasteiger partial charge in [-0.25, -0.2) is 0 Å². The van der Waals surface area contributed by atoms with Crippen molar-refractivity contribution >= 4 is 5.91 Å². The Morgan fingerprint density at radius 1 is 1.18 bits per heavy atom. The minimum atomic E-state index is 0.0774. The second-order valence-corrected chi connectivity index (χ2v) is 5.93. The van der Waals surface area contributed by atoms with E-state index in [9.17, 15) is 4.79 Å². The molecule has 0 aromatic heterocycles. The number of hydrogen-bond donors (Lipinski definition) is 0. The van der Waals surface area contributed by atoms with Crippen LogP contribution in [0.2, 0.25) is 0 Å². The molecule has 3 rings (SSSR count). The maximum absolute atomic E-state index is 12.9. The van der Waals surface area contributed by atoms with Gasteiger partial charge >= 0.3 is 0 Å². The number of ether oxygens (including phenoxy) is 1. The average Bonchev–Trinajstić information content (AvgIpc) is 3.00. The molecular formula is C19H21NO2. The first kappa shape index (κ1) is 14.6. The summed E-state index contributed by atoms with van der Waals surface area (Å²) in [7, 11) is 0. The third-order valence-electron chi connectivity index (χ3n) is 4.02. The normalized spacial score (nSPS) is 12.9. The van der Waals surface area contributed by atoms with E-state index in [1.54, 1.807) is 0 Å². The van der Waals surface area contributed by atoms with Gasteiger partial charge in [0.25, 0.3) is 5.91 Å². The van der Waals surface area contributed by atoms with Crippen LogP contribution in [0, 0.1) is 0 Å². The van der Waals surface area contributed by atoms with Crippen LogP contribution in [-0.2, 0) is 13.0 Å². The molecule has 0 saturated carbocycles. The van der Waals surface area contributed by atoms with Crippen molar-refractivity contribution in [3.05, 3.63) is 65.2 Å². The quantitative estimate of drug-likeness (QED) is 0.861. The van der Waals surface area contributed by atoms with E-state index in [0.29, 0.717) is 13.2 Å². The largest absolute Gasteiger partial charge is 0.493 e. The van der Waals surface area contributed by atoms with E-state index in [-0.39, 0.29) is 11.9 Å². The van der Waals surface area contributed by atoms with Crippen molar-refractivity contribution in [3.8, 4) is 5.75 Å². The second kappa shape index (κ2) is 6.22. The highest BCUT2D eigenvalue weighted by Gasteiger charge is 2.21. The predicted molar refractivity (Wildman–Crippen MR) is 87.1 cm³/mol. The van der Waals surface area contributed by atoms with Crippen LogP contribution in [-0.4, -0.2) is 23.5 Å². The minimum absolute atomic E-state index is 0.0774. The Hall–Kier alpha value is -2.29. The van der Waals surface area contributed by atoms with Crippen molar-refractivity contribution in [2.24, 2.45) is 0 Å². The molecule has 1 aliphatic heterocycles. The Morgan fingerprint density at radius 2 is 1.95 bits per heavy atom. The van der Waals surface area contributed by atoms with Gasteiger partial charge in [0.15, 0.2) is 0 Å². The van der Waals surface area contributed by atoms with E-state index in [2.05, 4.69) is 26.0 Å². The van der Waals surface area contributed by atoms with Crippen molar-refractivity contribution < 1.29 is 9.53 Å². The molecule has 0 saturated heterocycles. The number of carbonyl (C=O) groups excluding carboxylic acids is 1. The molecule has 3 nitrogen and oxygen atoms in total. The first-order valence-electron chi connectivity index (χ1n) is 7.76. The van der Waals surface area contributed by atoms with E-state index < -0.39 is 0 Å². The summed E-state index contributed by atoms with van der Waals surface area (Å²) in [6.45, 7) is 5.45. The van der Waals surface area contributed by atoms with Crippen LogP contribution in [0.4, 0.5) is 0 Å². The van der Waals surface area contributed by atoms with Crippen molar-refractivity contribution in [3.63, 3.8) is 0 Å². The van der Waals surface area contributed by atoms with Crippen LogP contribution in [0.5, 0.6) is 5.75 Å². The molecular weight excluding hydrogens is 274 g/mol. The molecule has 0 bridgehead atoms. The molecule has 3 heteroatoms. The smallest absolute Gasteiger partial charge is 0.254 e. The Bertz CT molecular complexity index is 664. The fraction of sp³-hybridized carbons (Fsp3) is 0.316. The monoisotopic (exact) mass is 295 g/mol. The summed E-state index contributed by atoms with van der Waals surface area (Å²) in [5, 5.41) is 0. The number of carbonyl (C=O) groups is 1. The summed E-state index contributed by atoms with van der Waals surface area (Å²) in [6, 6.07) is 16.0. The van der Waals surface area contributed by atoms with E-state index in [1.807, 2.05) is 41.3 Å². The molecule has 1 heterocycles. The molecule has 1 amide bonds. The molecule has 2 aromatic rings. The zero-order chi connectivity index (χ0) is 15.5. The third-order valence-corrected chi connectivity index (χ3v) is 4.02. The van der Waals surface area contributed by atoms with Gasteiger partial charge < -0.3 is 9.64 Å². The van der Waals surface area contributed by atoms with Crippen molar-refractivity contribution in [2.75, 3.05) is 6.61 Å². The first-order valence-corrected chi connectivity index (χ1v) is 7.76. The van der Waals surface area contributed by atoms with Gasteiger partial charge in [-0.2, -0.15) is 0 Å². The number of nitrogens with zero attached hydrogens (tertiary/aromatic N) is 1. The number of benzene rings is 2. The van der Waals surface area contributed by atoms with Gasteiger partial charge in [-0.3, -0.25) is 4.79 Å². The lowest BCUT2D eigenvalue weighted by Crippen LogP contribution is -2.36. The molecule has 114 valence electrons. The van der Waals surface area contributed by atoms with Crippen molar-refractivity contribution in [2.45, 2.75) is 32.9 Å². The van der Waals surface area contributed by atoms with E-state index in [1.165, 1.54) is 0 Å². The van der Waals surface area contributed by atoms with E-state index >= 15 is 0 Å². The molecule has 0 spiro atoms. The fourth-order valence-corrected chi connectivity index (χ4v) is 2.75. The standard InChI is InChI=1S/C19H21NO2/c1-14(2)20(13-15-6-4-3-5-7-15)19(21)17-8-9-18-16(12-17)10-11-22-18/h3-9,12,14H,10-11,13H2,1-2H3. The summed E-state index contributed by atoms with van der Waals surface area (Å²) in [5.41, 5.74) is 3.03. The van der Waals surface area contributed by atoms with Gasteiger partial charge in [0.1, 0.15) is 5.75 Å². The van der Waals surface area contributed by atoms with Gasteiger partial charge in [-0.15, -0.1) is 0 Å². The summed E-state index contributed by atoms with van der Waals surface area (Å²) in [6.07, 6.45) is 0.886. The molecule has 0 atom stereocenters. The lowest BCUT2D eigenvalue weighted by Gasteiger charge is -2.27. The highest BCUT2D eigenvalue weighted by Crippen LogP contribution is 2.26. The molecule has 0 radical (unpaired) electrons. The van der Waals surface area contributed by atoms with Crippen LogP contribution in [0.1, 0.15) is 35.3 Å². The van der Waals surface area contributed by atoms with Crippen LogP contribution in [0.25, 0.3) is 0 Å². The maximum atomic E-state index is 12.9. The second-order valence-electron chi connectivity index (χ2n) is 5.93. The zero-order valence-corrected chi connectivity index (χ0v) is 13.1. The Kier molecular flexibility index (Phi) is 4.14. The molecule has 1 aliphatic rings. The summed E-state index contributed by atoms with van der Waals surface area (Å²) >= 11 is 0. The van der Waals surface area contributed by atoms with Gasteiger partial charge in [-0.05, 0) is 43.2 Å². The first-order chi connectivity index (χ1) is 10.6. The van der Waals surface area contributed by atoms with Crippen molar-refractivity contribution in [1.82, 2.24) is 4.90 Å². The van der Waals surface area contributed by atoms with Gasteiger partial charge in [0.05, 0.1) is 6.61 Å². The van der Waals surface area contributed by atoms with Crippen LogP contribution >= 0.6 is 0 Å². The lowest BCUT2D eigenvalue weighted by atomic mass is 10.1. The number of hydrogen-bond acceptors (Lipinski definition) is 2. The van der Waals surface area contributed by atoms with Crippen LogP contribution < -0.4 is 4.74 Å². The molecule has 2 aromatic carbocycles. The van der Waals surface area contributed by atoms with E-state index in [0.717, 1.165) is 28.9 Å². The fourth-order valence-electron chi connectivity index (χ4n) is 2.75. The molecule has 0 aliphatic carbocycles.